The summed E-state index contributed by atoms with van der Waals surface area (Å²) in [6.45, 7) is 7.26. The molecule has 0 bridgehead atoms. The molecule has 0 heterocycles. The molecule has 7 heteroatoms. The van der Waals surface area contributed by atoms with Gasteiger partial charge in [-0.3, -0.25) is 9.59 Å². The number of hydrogen-bond acceptors (Lipinski definition) is 7. The van der Waals surface area contributed by atoms with Gasteiger partial charge in [0.25, 0.3) is 0 Å². The van der Waals surface area contributed by atoms with Crippen molar-refractivity contribution in [1.82, 2.24) is 0 Å². The molecule has 7 nitrogen and oxygen atoms in total. The highest BCUT2D eigenvalue weighted by atomic mass is 16.3. The number of nitrogens with two attached hydrogens (primary N) is 3. The van der Waals surface area contributed by atoms with Gasteiger partial charge in [-0.25, -0.2) is 0 Å². The lowest BCUT2D eigenvalue weighted by Crippen LogP contribution is -2.54. The predicted octanol–water partition coefficient (Wildman–Crippen LogP) is 1.99. The number of benzene rings is 2. The number of aliphatic hydroxyl groups excluding tert-OH is 2. The van der Waals surface area contributed by atoms with Crippen LogP contribution in [0, 0.1) is 23.7 Å². The predicted molar refractivity (Wildman–Crippen MR) is 138 cm³/mol. The highest BCUT2D eigenvalue weighted by Gasteiger charge is 2.44. The van der Waals surface area contributed by atoms with E-state index in [4.69, 9.17) is 17.2 Å². The number of carbonyl (C=O) groups excluding carboxylic acids is 2. The third kappa shape index (κ3) is 7.29. The van der Waals surface area contributed by atoms with Crippen LogP contribution >= 0.6 is 0 Å². The van der Waals surface area contributed by atoms with Crippen molar-refractivity contribution in [2.24, 2.45) is 40.9 Å². The van der Waals surface area contributed by atoms with Crippen molar-refractivity contribution in [3.8, 4) is 0 Å². The van der Waals surface area contributed by atoms with Crippen molar-refractivity contribution in [2.45, 2.75) is 64.4 Å². The number of rotatable bonds is 13. The maximum Gasteiger partial charge on any atom is 0.157 e. The number of hydrogen-bond donors (Lipinski definition) is 5. The molecular formula is C28H41N3O4. The summed E-state index contributed by atoms with van der Waals surface area (Å²) in [5, 5.41) is 22.8. The topological polar surface area (TPSA) is 153 Å². The first kappa shape index (κ1) is 28.8. The Morgan fingerprint density at radius 1 is 0.714 bits per heavy atom. The third-order valence-corrected chi connectivity index (χ3v) is 6.79. The first-order valence-corrected chi connectivity index (χ1v) is 12.3. The molecule has 8 N–H and O–H groups in total. The van der Waals surface area contributed by atoms with Crippen LogP contribution in [-0.2, 0) is 16.0 Å². The Morgan fingerprint density at radius 3 is 1.66 bits per heavy atom. The molecule has 0 radical (unpaired) electrons. The van der Waals surface area contributed by atoms with Gasteiger partial charge < -0.3 is 27.4 Å². The number of ketones is 2. The van der Waals surface area contributed by atoms with Gasteiger partial charge in [0.1, 0.15) is 0 Å². The zero-order valence-electron chi connectivity index (χ0n) is 21.1. The first-order valence-electron chi connectivity index (χ1n) is 12.3. The minimum atomic E-state index is -1.63. The van der Waals surface area contributed by atoms with Crippen molar-refractivity contribution < 1.29 is 19.8 Å². The monoisotopic (exact) mass is 483 g/mol. The van der Waals surface area contributed by atoms with E-state index in [2.05, 4.69) is 0 Å². The van der Waals surface area contributed by atoms with Gasteiger partial charge in [-0.1, -0.05) is 88.4 Å². The van der Waals surface area contributed by atoms with E-state index in [1.165, 1.54) is 0 Å². The summed E-state index contributed by atoms with van der Waals surface area (Å²) in [6.07, 6.45) is -3.04. The molecule has 2 aromatic rings. The smallest absolute Gasteiger partial charge is 0.157 e. The highest BCUT2D eigenvalue weighted by Crippen LogP contribution is 2.31. The van der Waals surface area contributed by atoms with Gasteiger partial charge in [0.05, 0.1) is 36.1 Å². The lowest BCUT2D eigenvalue weighted by atomic mass is 9.74. The molecule has 7 atom stereocenters. The maximum absolute atomic E-state index is 13.5. The van der Waals surface area contributed by atoms with E-state index in [1.54, 1.807) is 38.1 Å². The van der Waals surface area contributed by atoms with Crippen LogP contribution in [0.3, 0.4) is 0 Å². The van der Waals surface area contributed by atoms with Gasteiger partial charge >= 0.3 is 0 Å². The van der Waals surface area contributed by atoms with Crippen molar-refractivity contribution in [3.05, 3.63) is 71.8 Å². The lowest BCUT2D eigenvalue weighted by molar-refractivity contribution is -0.142. The third-order valence-electron chi connectivity index (χ3n) is 6.79. The normalized spacial score (nSPS) is 17.9. The molecule has 0 aliphatic rings. The Balaban J connectivity index is 2.48. The summed E-state index contributed by atoms with van der Waals surface area (Å²) < 4.78 is 0. The van der Waals surface area contributed by atoms with E-state index < -0.39 is 48.0 Å². The molecule has 192 valence electrons. The average molecular weight is 484 g/mol. The molecule has 5 unspecified atom stereocenters. The lowest BCUT2D eigenvalue weighted by Gasteiger charge is -2.36. The Kier molecular flexibility index (Phi) is 10.7. The van der Waals surface area contributed by atoms with Crippen LogP contribution in [0.2, 0.25) is 0 Å². The fourth-order valence-electron chi connectivity index (χ4n) is 4.27. The Bertz CT molecular complexity index is 936. The van der Waals surface area contributed by atoms with Gasteiger partial charge in [0.2, 0.25) is 0 Å². The molecule has 0 aromatic heterocycles. The Labute approximate surface area is 208 Å². The Morgan fingerprint density at radius 2 is 1.17 bits per heavy atom. The number of carbonyl (C=O) groups is 2. The summed E-state index contributed by atoms with van der Waals surface area (Å²) in [4.78, 5) is 26.8. The van der Waals surface area contributed by atoms with Crippen molar-refractivity contribution in [3.63, 3.8) is 0 Å². The minimum absolute atomic E-state index is 0.163. The second-order valence-electron chi connectivity index (χ2n) is 10.1. The van der Waals surface area contributed by atoms with Crippen molar-refractivity contribution in [1.29, 1.82) is 0 Å². The molecule has 0 aliphatic heterocycles. The second kappa shape index (κ2) is 13.0. The van der Waals surface area contributed by atoms with E-state index in [1.807, 2.05) is 50.2 Å². The van der Waals surface area contributed by atoms with E-state index in [0.717, 1.165) is 5.56 Å². The molecule has 0 saturated carbocycles. The maximum atomic E-state index is 13.5. The Hall–Kier alpha value is -2.42. The highest BCUT2D eigenvalue weighted by molar-refractivity contribution is 5.89. The molecule has 0 spiro atoms. The van der Waals surface area contributed by atoms with Crippen LogP contribution in [0.15, 0.2) is 60.7 Å². The van der Waals surface area contributed by atoms with Gasteiger partial charge in [-0.15, -0.1) is 0 Å². The SMILES string of the molecule is CC(C)[C@H](N)C(=O)C(Cc1ccccc1)C(O)C(O)C(C(=O)[C@@H](N)C(C)C)C(N)c1ccccc1. The van der Waals surface area contributed by atoms with Gasteiger partial charge in [0, 0.05) is 6.04 Å². The number of Topliss-reactive ketones (excluding diaryl/α,β-unsaturated/α-hetero) is 2. The van der Waals surface area contributed by atoms with Crippen molar-refractivity contribution in [2.75, 3.05) is 0 Å². The van der Waals surface area contributed by atoms with E-state index in [-0.39, 0.29) is 24.0 Å². The largest absolute Gasteiger partial charge is 0.390 e. The second-order valence-corrected chi connectivity index (χ2v) is 10.1. The van der Waals surface area contributed by atoms with E-state index in [0.29, 0.717) is 5.56 Å². The van der Waals surface area contributed by atoms with Crippen LogP contribution in [0.1, 0.15) is 44.9 Å². The molecule has 0 fully saturated rings. The molecule has 0 aliphatic carbocycles. The fraction of sp³-hybridized carbons (Fsp3) is 0.500. The summed E-state index contributed by atoms with van der Waals surface area (Å²) in [7, 11) is 0. The molecule has 2 rings (SSSR count). The first-order chi connectivity index (χ1) is 16.5. The molecule has 0 saturated heterocycles. The van der Waals surface area contributed by atoms with Gasteiger partial charge in [0.15, 0.2) is 11.6 Å². The summed E-state index contributed by atoms with van der Waals surface area (Å²) >= 11 is 0. The van der Waals surface area contributed by atoms with E-state index >= 15 is 0 Å². The summed E-state index contributed by atoms with van der Waals surface area (Å²) in [5.74, 6) is -3.44. The van der Waals surface area contributed by atoms with Crippen LogP contribution < -0.4 is 17.2 Å². The molecule has 35 heavy (non-hydrogen) atoms. The van der Waals surface area contributed by atoms with Crippen LogP contribution in [0.4, 0.5) is 0 Å². The quantitative estimate of drug-likeness (QED) is 0.292. The number of aliphatic hydroxyl groups is 2. The van der Waals surface area contributed by atoms with Crippen molar-refractivity contribution >= 4 is 11.6 Å². The zero-order chi connectivity index (χ0) is 26.3. The standard InChI is InChI=1S/C28H41N3O4/c1-16(2)22(29)25(32)20(15-18-11-7-5-8-12-18)26(33)28(35)21(27(34)23(30)17(3)4)24(31)19-13-9-6-10-14-19/h5-14,16-17,20-24,26,28,33,35H,15,29-31H2,1-4H3/t20?,21?,22-,23-,24?,26?,28?/m0/s1. The van der Waals surface area contributed by atoms with E-state index in [9.17, 15) is 19.8 Å². The molecule has 2 aromatic carbocycles. The summed E-state index contributed by atoms with van der Waals surface area (Å²) in [6, 6.07) is 15.5. The zero-order valence-corrected chi connectivity index (χ0v) is 21.1. The molecule has 0 amide bonds. The van der Waals surface area contributed by atoms with Crippen LogP contribution in [0.25, 0.3) is 0 Å². The molecular weight excluding hydrogens is 442 g/mol. The van der Waals surface area contributed by atoms with Gasteiger partial charge in [-0.05, 0) is 29.4 Å². The van der Waals surface area contributed by atoms with Crippen LogP contribution in [-0.4, -0.2) is 46.1 Å². The van der Waals surface area contributed by atoms with Crippen LogP contribution in [0.5, 0.6) is 0 Å². The average Bonchev–Trinajstić information content (AvgIpc) is 2.86. The van der Waals surface area contributed by atoms with Gasteiger partial charge in [-0.2, -0.15) is 0 Å². The summed E-state index contributed by atoms with van der Waals surface area (Å²) in [5.41, 5.74) is 20.3. The fourth-order valence-corrected chi connectivity index (χ4v) is 4.27. The minimum Gasteiger partial charge on any atom is -0.390 e.